The molecule has 11 rings (SSSR count). The number of hydrogen-bond acceptors (Lipinski definition) is 3. The van der Waals surface area contributed by atoms with Crippen LogP contribution in [0.25, 0.3) is 115 Å². The van der Waals surface area contributed by atoms with E-state index < -0.39 is 0 Å². The Balaban J connectivity index is 1.17. The Labute approximate surface area is 322 Å². The fraction of sp³-hybridized carbons (Fsp3) is 0. The van der Waals surface area contributed by atoms with Gasteiger partial charge in [0.25, 0.3) is 0 Å². The average Bonchev–Trinajstić information content (AvgIpc) is 3.28. The zero-order valence-electron chi connectivity index (χ0n) is 30.1. The van der Waals surface area contributed by atoms with Gasteiger partial charge < -0.3 is 0 Å². The lowest BCUT2D eigenvalue weighted by molar-refractivity contribution is 1.30. The maximum absolute atomic E-state index is 8.39. The largest absolute Gasteiger partial charge is 0.255 e. The molecule has 56 heavy (non-hydrogen) atoms. The quantitative estimate of drug-likeness (QED) is 0.135. The molecule has 0 aliphatic heterocycles. The van der Waals surface area contributed by atoms with Gasteiger partial charge in [-0.15, -0.1) is 0 Å². The molecule has 0 radical (unpaired) electrons. The molecule has 0 amide bonds. The van der Waals surface area contributed by atoms with Gasteiger partial charge in [-0.3, -0.25) is 4.98 Å². The minimum atomic E-state index is 0.444. The number of fused-ring (bicyclic) bond motifs is 11. The lowest BCUT2D eigenvalue weighted by Gasteiger charge is -2.16. The average molecular weight is 711 g/mol. The van der Waals surface area contributed by atoms with Crippen molar-refractivity contribution >= 4 is 70.7 Å². The van der Waals surface area contributed by atoms with Crippen molar-refractivity contribution in [3.05, 3.63) is 193 Å². The van der Waals surface area contributed by atoms with Crippen LogP contribution in [-0.4, -0.2) is 15.0 Å². The molecule has 0 unspecified atom stereocenters. The monoisotopic (exact) mass is 710 g/mol. The summed E-state index contributed by atoms with van der Waals surface area (Å²) in [7, 11) is 0. The second-order valence-electron chi connectivity index (χ2n) is 14.2. The Morgan fingerprint density at radius 2 is 0.821 bits per heavy atom. The first kappa shape index (κ1) is 31.8. The second-order valence-corrected chi connectivity index (χ2v) is 14.2. The maximum Gasteiger partial charge on any atom is 0.215 e. The van der Waals surface area contributed by atoms with Gasteiger partial charge in [-0.2, -0.15) is 0 Å². The first-order valence-electron chi connectivity index (χ1n) is 18.7. The Morgan fingerprint density at radius 1 is 0.321 bits per heavy atom. The predicted molar refractivity (Wildman–Crippen MR) is 233 cm³/mol. The topological polar surface area (TPSA) is 43.0 Å². The normalized spacial score (nSPS) is 11.6. The van der Waals surface area contributed by atoms with Crippen LogP contribution in [0, 0.1) is 6.57 Å². The molecule has 2 aromatic heterocycles. The highest BCUT2D eigenvalue weighted by atomic mass is 14.9. The Hall–Kier alpha value is -7.74. The Kier molecular flexibility index (Phi) is 7.20. The van der Waals surface area contributed by atoms with Crippen LogP contribution in [-0.2, 0) is 0 Å². The summed E-state index contributed by atoms with van der Waals surface area (Å²) in [6.07, 6.45) is 0. The highest BCUT2D eigenvalue weighted by molar-refractivity contribution is 6.26. The molecule has 0 fully saturated rings. The van der Waals surface area contributed by atoms with Crippen LogP contribution in [0.3, 0.4) is 0 Å². The summed E-state index contributed by atoms with van der Waals surface area (Å²) in [6.45, 7) is 8.39. The van der Waals surface area contributed by atoms with E-state index in [9.17, 15) is 0 Å². The summed E-state index contributed by atoms with van der Waals surface area (Å²) in [4.78, 5) is 20.1. The lowest BCUT2D eigenvalue weighted by atomic mass is 9.91. The van der Waals surface area contributed by atoms with E-state index in [0.29, 0.717) is 16.7 Å². The number of aromatic nitrogens is 3. The molecule has 0 atom stereocenters. The van der Waals surface area contributed by atoms with Crippen LogP contribution in [0.15, 0.2) is 182 Å². The van der Waals surface area contributed by atoms with E-state index in [-0.39, 0.29) is 0 Å². The maximum atomic E-state index is 8.39. The minimum absolute atomic E-state index is 0.444. The fourth-order valence-electron chi connectivity index (χ4n) is 8.45. The van der Waals surface area contributed by atoms with E-state index >= 15 is 0 Å². The van der Waals surface area contributed by atoms with Gasteiger partial charge in [-0.05, 0) is 67.7 Å². The van der Waals surface area contributed by atoms with Gasteiger partial charge in [-0.1, -0.05) is 158 Å². The van der Waals surface area contributed by atoms with Crippen molar-refractivity contribution in [1.29, 1.82) is 0 Å². The van der Waals surface area contributed by atoms with Crippen LogP contribution in [0.2, 0.25) is 0 Å². The van der Waals surface area contributed by atoms with Crippen molar-refractivity contribution < 1.29 is 0 Å². The minimum Gasteiger partial charge on any atom is -0.255 e. The molecular formula is C52H30N4. The van der Waals surface area contributed by atoms with Crippen LogP contribution in [0.4, 0.5) is 5.69 Å². The molecule has 258 valence electrons. The highest BCUT2D eigenvalue weighted by Gasteiger charge is 2.21. The smallest absolute Gasteiger partial charge is 0.215 e. The van der Waals surface area contributed by atoms with Gasteiger partial charge in [0.1, 0.15) is 0 Å². The zero-order valence-corrected chi connectivity index (χ0v) is 30.1. The SMILES string of the molecule is [C-]#[N+]c1cc2c(-c3cccc(-c4ccc5c6ccccc6c6ccccc6c5c4)c3)nc3ccccc3c2c2nc(-c3ccccc3)c(-c3ccccc3)nc12. The number of rotatable bonds is 4. The van der Waals surface area contributed by atoms with Gasteiger partial charge in [0.2, 0.25) is 5.69 Å². The summed E-state index contributed by atoms with van der Waals surface area (Å²) in [5.41, 5.74) is 10.00. The van der Waals surface area contributed by atoms with Gasteiger partial charge in [0, 0.05) is 32.8 Å². The fourth-order valence-corrected chi connectivity index (χ4v) is 8.45. The van der Waals surface area contributed by atoms with Crippen LogP contribution in [0.1, 0.15) is 0 Å². The third kappa shape index (κ3) is 4.96. The molecular weight excluding hydrogens is 681 g/mol. The lowest BCUT2D eigenvalue weighted by Crippen LogP contribution is -1.98. The molecule has 0 saturated carbocycles. The third-order valence-corrected chi connectivity index (χ3v) is 11.0. The van der Waals surface area contributed by atoms with Crippen molar-refractivity contribution in [3.63, 3.8) is 0 Å². The van der Waals surface area contributed by atoms with E-state index in [2.05, 4.69) is 120 Å². The zero-order chi connectivity index (χ0) is 37.2. The van der Waals surface area contributed by atoms with E-state index in [1.807, 2.05) is 66.7 Å². The van der Waals surface area contributed by atoms with Crippen molar-refractivity contribution in [2.24, 2.45) is 0 Å². The molecule has 11 aromatic rings. The van der Waals surface area contributed by atoms with E-state index in [0.717, 1.165) is 66.6 Å². The second kappa shape index (κ2) is 12.7. The van der Waals surface area contributed by atoms with Gasteiger partial charge in [0.15, 0.2) is 0 Å². The first-order chi connectivity index (χ1) is 27.7. The summed E-state index contributed by atoms with van der Waals surface area (Å²) in [5, 5.41) is 10.3. The molecule has 9 aromatic carbocycles. The van der Waals surface area contributed by atoms with E-state index in [4.69, 9.17) is 21.5 Å². The molecule has 0 aliphatic rings. The molecule has 0 N–H and O–H groups in total. The first-order valence-corrected chi connectivity index (χ1v) is 18.7. The molecule has 0 spiro atoms. The van der Waals surface area contributed by atoms with Gasteiger partial charge in [0.05, 0.1) is 40.2 Å². The number of benzene rings is 9. The summed E-state index contributed by atoms with van der Waals surface area (Å²) in [5.74, 6) is 0. The number of pyridine rings is 1. The summed E-state index contributed by atoms with van der Waals surface area (Å²) < 4.78 is 0. The van der Waals surface area contributed by atoms with Crippen molar-refractivity contribution in [1.82, 2.24) is 15.0 Å². The number of para-hydroxylation sites is 1. The van der Waals surface area contributed by atoms with Gasteiger partial charge in [-0.25, -0.2) is 14.8 Å². The molecule has 4 heteroatoms. The molecule has 4 nitrogen and oxygen atoms in total. The predicted octanol–water partition coefficient (Wildman–Crippen LogP) is 14.0. The summed E-state index contributed by atoms with van der Waals surface area (Å²) >= 11 is 0. The summed E-state index contributed by atoms with van der Waals surface area (Å²) in [6, 6.07) is 63.2. The third-order valence-electron chi connectivity index (χ3n) is 11.0. The highest BCUT2D eigenvalue weighted by Crippen LogP contribution is 2.43. The van der Waals surface area contributed by atoms with E-state index in [1.165, 1.54) is 32.3 Å². The van der Waals surface area contributed by atoms with Crippen LogP contribution in [0.5, 0.6) is 0 Å². The Morgan fingerprint density at radius 3 is 1.46 bits per heavy atom. The van der Waals surface area contributed by atoms with Crippen molar-refractivity contribution in [2.75, 3.05) is 0 Å². The van der Waals surface area contributed by atoms with E-state index in [1.54, 1.807) is 0 Å². The van der Waals surface area contributed by atoms with Crippen molar-refractivity contribution in [2.45, 2.75) is 0 Å². The Bertz CT molecular complexity index is 3390. The van der Waals surface area contributed by atoms with Crippen LogP contribution < -0.4 is 0 Å². The standard InChI is InChI=1S/C52H30N4/c1-53-46-31-44-47(52-51(46)55-49(32-15-4-2-5-16-32)50(56-52)33-17-6-3-7-18-33)42-25-12-13-26-45(42)54-48(44)36-20-14-19-34(29-36)35-27-28-41-39-23-9-8-21-37(39)38-22-10-11-24-40(38)43(41)30-35/h2-31H. The molecule has 0 aliphatic carbocycles. The molecule has 0 saturated heterocycles. The molecule has 0 bridgehead atoms. The van der Waals surface area contributed by atoms with Crippen LogP contribution >= 0.6 is 0 Å². The van der Waals surface area contributed by atoms with Gasteiger partial charge >= 0.3 is 0 Å². The number of nitrogens with zero attached hydrogens (tertiary/aromatic N) is 4. The number of hydrogen-bond donors (Lipinski definition) is 0. The molecule has 2 heterocycles. The van der Waals surface area contributed by atoms with Crippen molar-refractivity contribution in [3.8, 4) is 44.9 Å².